The van der Waals surface area contributed by atoms with Crippen molar-refractivity contribution < 1.29 is 0 Å². The van der Waals surface area contributed by atoms with Crippen molar-refractivity contribution in [3.63, 3.8) is 0 Å². The van der Waals surface area contributed by atoms with E-state index in [9.17, 15) is 0 Å². The van der Waals surface area contributed by atoms with Crippen molar-refractivity contribution >= 4 is 11.4 Å². The summed E-state index contributed by atoms with van der Waals surface area (Å²) in [5.41, 5.74) is 2.34. The lowest BCUT2D eigenvalue weighted by Gasteiger charge is -2.20. The molecule has 0 radical (unpaired) electrons. The van der Waals surface area contributed by atoms with E-state index >= 15 is 0 Å². The Bertz CT molecular complexity index is 305. The van der Waals surface area contributed by atoms with Crippen LogP contribution in [0.3, 0.4) is 0 Å². The lowest BCUT2D eigenvalue weighted by molar-refractivity contribution is 0.995. The first kappa shape index (κ1) is 10.6. The fourth-order valence-corrected chi connectivity index (χ4v) is 1.29. The van der Waals surface area contributed by atoms with E-state index < -0.39 is 0 Å². The van der Waals surface area contributed by atoms with E-state index in [4.69, 9.17) is 0 Å². The molecule has 0 aliphatic heterocycles. The SMILES string of the molecule is C=CC(C)Nc1ccccc1N(C)C. The minimum atomic E-state index is 0.288. The summed E-state index contributed by atoms with van der Waals surface area (Å²) >= 11 is 0. The molecule has 0 aliphatic carbocycles. The van der Waals surface area contributed by atoms with E-state index in [1.165, 1.54) is 5.69 Å². The first-order valence-electron chi connectivity index (χ1n) is 4.80. The van der Waals surface area contributed by atoms with Crippen molar-refractivity contribution in [3.8, 4) is 0 Å². The van der Waals surface area contributed by atoms with E-state index in [2.05, 4.69) is 35.9 Å². The van der Waals surface area contributed by atoms with Gasteiger partial charge in [-0.15, -0.1) is 6.58 Å². The van der Waals surface area contributed by atoms with Crippen LogP contribution in [-0.2, 0) is 0 Å². The molecule has 0 fully saturated rings. The van der Waals surface area contributed by atoms with Crippen molar-refractivity contribution in [3.05, 3.63) is 36.9 Å². The second kappa shape index (κ2) is 4.70. The summed E-state index contributed by atoms with van der Waals surface area (Å²) in [5, 5.41) is 3.38. The average Bonchev–Trinajstić information content (AvgIpc) is 2.18. The quantitative estimate of drug-likeness (QED) is 0.734. The van der Waals surface area contributed by atoms with Crippen LogP contribution >= 0.6 is 0 Å². The van der Waals surface area contributed by atoms with Crippen LogP contribution in [0.1, 0.15) is 6.92 Å². The third kappa shape index (κ3) is 2.52. The molecule has 0 saturated carbocycles. The van der Waals surface area contributed by atoms with Gasteiger partial charge in [-0.2, -0.15) is 0 Å². The topological polar surface area (TPSA) is 15.3 Å². The van der Waals surface area contributed by atoms with E-state index in [-0.39, 0.29) is 6.04 Å². The van der Waals surface area contributed by atoms with Crippen molar-refractivity contribution in [2.24, 2.45) is 0 Å². The Morgan fingerprint density at radius 2 is 2.00 bits per heavy atom. The Kier molecular flexibility index (Phi) is 3.57. The summed E-state index contributed by atoms with van der Waals surface area (Å²) < 4.78 is 0. The molecule has 14 heavy (non-hydrogen) atoms. The van der Waals surface area contributed by atoms with Crippen LogP contribution in [0, 0.1) is 0 Å². The number of nitrogens with zero attached hydrogens (tertiary/aromatic N) is 1. The molecule has 0 heterocycles. The molecule has 1 rings (SSSR count). The van der Waals surface area contributed by atoms with Crippen LogP contribution in [0.4, 0.5) is 11.4 Å². The summed E-state index contributed by atoms with van der Waals surface area (Å²) in [4.78, 5) is 2.10. The standard InChI is InChI=1S/C12H18N2/c1-5-10(2)13-11-8-6-7-9-12(11)14(3)4/h5-10,13H,1H2,2-4H3. The van der Waals surface area contributed by atoms with Gasteiger partial charge in [0.2, 0.25) is 0 Å². The molecule has 2 nitrogen and oxygen atoms in total. The van der Waals surface area contributed by atoms with Gasteiger partial charge in [-0.3, -0.25) is 0 Å². The minimum absolute atomic E-state index is 0.288. The van der Waals surface area contributed by atoms with E-state index in [0.29, 0.717) is 0 Å². The fourth-order valence-electron chi connectivity index (χ4n) is 1.29. The number of anilines is 2. The predicted molar refractivity (Wildman–Crippen MR) is 64.1 cm³/mol. The van der Waals surface area contributed by atoms with Gasteiger partial charge in [-0.05, 0) is 19.1 Å². The van der Waals surface area contributed by atoms with Gasteiger partial charge in [0.1, 0.15) is 0 Å². The highest BCUT2D eigenvalue weighted by Gasteiger charge is 2.04. The second-order valence-corrected chi connectivity index (χ2v) is 3.58. The van der Waals surface area contributed by atoms with Crippen molar-refractivity contribution in [1.82, 2.24) is 0 Å². The Balaban J connectivity index is 2.89. The Morgan fingerprint density at radius 3 is 2.57 bits per heavy atom. The largest absolute Gasteiger partial charge is 0.377 e. The van der Waals surface area contributed by atoms with E-state index in [1.807, 2.05) is 32.3 Å². The molecule has 0 bridgehead atoms. The highest BCUT2D eigenvalue weighted by Crippen LogP contribution is 2.23. The maximum absolute atomic E-state index is 3.76. The molecule has 2 heteroatoms. The van der Waals surface area contributed by atoms with Gasteiger partial charge in [0, 0.05) is 20.1 Å². The molecule has 76 valence electrons. The lowest BCUT2D eigenvalue weighted by Crippen LogP contribution is -2.16. The smallest absolute Gasteiger partial charge is 0.0596 e. The highest BCUT2D eigenvalue weighted by atomic mass is 15.1. The van der Waals surface area contributed by atoms with Gasteiger partial charge in [-0.25, -0.2) is 0 Å². The predicted octanol–water partition coefficient (Wildman–Crippen LogP) is 2.74. The molecule has 1 atom stereocenters. The van der Waals surface area contributed by atoms with E-state index in [1.54, 1.807) is 0 Å². The fraction of sp³-hybridized carbons (Fsp3) is 0.333. The zero-order valence-electron chi connectivity index (χ0n) is 9.12. The maximum atomic E-state index is 3.76. The molecular weight excluding hydrogens is 172 g/mol. The van der Waals surface area contributed by atoms with Gasteiger partial charge >= 0.3 is 0 Å². The lowest BCUT2D eigenvalue weighted by atomic mass is 10.2. The number of rotatable bonds is 4. The Morgan fingerprint density at radius 1 is 1.36 bits per heavy atom. The number of benzene rings is 1. The number of hydrogen-bond donors (Lipinski definition) is 1. The van der Waals surface area contributed by atoms with Crippen LogP contribution in [0.2, 0.25) is 0 Å². The van der Waals surface area contributed by atoms with Crippen molar-refractivity contribution in [2.75, 3.05) is 24.3 Å². The normalized spacial score (nSPS) is 11.9. The van der Waals surface area contributed by atoms with Gasteiger partial charge in [0.15, 0.2) is 0 Å². The van der Waals surface area contributed by atoms with Crippen molar-refractivity contribution in [1.29, 1.82) is 0 Å². The third-order valence-electron chi connectivity index (χ3n) is 2.12. The molecular formula is C12H18N2. The molecule has 1 N–H and O–H groups in total. The van der Waals surface area contributed by atoms with Gasteiger partial charge < -0.3 is 10.2 Å². The third-order valence-corrected chi connectivity index (χ3v) is 2.12. The van der Waals surface area contributed by atoms with Crippen LogP contribution in [0.5, 0.6) is 0 Å². The zero-order chi connectivity index (χ0) is 10.6. The highest BCUT2D eigenvalue weighted by molar-refractivity contribution is 5.69. The molecule has 0 saturated heterocycles. The molecule has 0 aliphatic rings. The summed E-state index contributed by atoms with van der Waals surface area (Å²) in [7, 11) is 4.08. The molecule has 1 aromatic carbocycles. The number of para-hydroxylation sites is 2. The zero-order valence-corrected chi connectivity index (χ0v) is 9.12. The molecule has 0 amide bonds. The summed E-state index contributed by atoms with van der Waals surface area (Å²) in [6, 6.07) is 8.54. The minimum Gasteiger partial charge on any atom is -0.377 e. The van der Waals surface area contributed by atoms with Gasteiger partial charge in [-0.1, -0.05) is 18.2 Å². The average molecular weight is 190 g/mol. The maximum Gasteiger partial charge on any atom is 0.0596 e. The van der Waals surface area contributed by atoms with Crippen LogP contribution < -0.4 is 10.2 Å². The first-order chi connectivity index (χ1) is 6.65. The second-order valence-electron chi connectivity index (χ2n) is 3.58. The van der Waals surface area contributed by atoms with Crippen LogP contribution in [0.15, 0.2) is 36.9 Å². The van der Waals surface area contributed by atoms with Crippen LogP contribution in [0.25, 0.3) is 0 Å². The van der Waals surface area contributed by atoms with Gasteiger partial charge in [0.25, 0.3) is 0 Å². The number of hydrogen-bond acceptors (Lipinski definition) is 2. The summed E-state index contributed by atoms with van der Waals surface area (Å²) in [6.07, 6.45) is 1.90. The van der Waals surface area contributed by atoms with Crippen LogP contribution in [-0.4, -0.2) is 20.1 Å². The summed E-state index contributed by atoms with van der Waals surface area (Å²) in [5.74, 6) is 0. The van der Waals surface area contributed by atoms with E-state index in [0.717, 1.165) is 5.69 Å². The molecule has 0 spiro atoms. The molecule has 0 aromatic heterocycles. The van der Waals surface area contributed by atoms with Gasteiger partial charge in [0.05, 0.1) is 11.4 Å². The molecule has 1 unspecified atom stereocenters. The Hall–Kier alpha value is -1.44. The first-order valence-corrected chi connectivity index (χ1v) is 4.80. The monoisotopic (exact) mass is 190 g/mol. The summed E-state index contributed by atoms with van der Waals surface area (Å²) in [6.45, 7) is 5.84. The molecule has 1 aromatic rings. The van der Waals surface area contributed by atoms with Crippen molar-refractivity contribution in [2.45, 2.75) is 13.0 Å². The number of nitrogens with one attached hydrogen (secondary N) is 1. The Labute approximate surface area is 86.2 Å².